The molecule has 0 aliphatic heterocycles. The monoisotopic (exact) mass is 282 g/mol. The van der Waals surface area contributed by atoms with Crippen molar-refractivity contribution in [2.45, 2.75) is 44.8 Å². The first-order valence-corrected chi connectivity index (χ1v) is 7.55. The highest BCUT2D eigenvalue weighted by molar-refractivity contribution is 7.10. The molecule has 1 aromatic rings. The lowest BCUT2D eigenvalue weighted by atomic mass is 9.94. The second-order valence-corrected chi connectivity index (χ2v) is 6.54. The summed E-state index contributed by atoms with van der Waals surface area (Å²) in [4.78, 5) is 13.3. The Hall–Kier alpha value is -1.07. The van der Waals surface area contributed by atoms with Gasteiger partial charge >= 0.3 is 6.03 Å². The highest BCUT2D eigenvalue weighted by Crippen LogP contribution is 2.33. The maximum Gasteiger partial charge on any atom is 0.315 e. The minimum absolute atomic E-state index is 0.117. The first-order valence-electron chi connectivity index (χ1n) is 6.67. The number of methoxy groups -OCH3 is 1. The number of rotatable bonds is 4. The summed E-state index contributed by atoms with van der Waals surface area (Å²) in [6.45, 7) is 4.40. The molecule has 1 aliphatic rings. The van der Waals surface area contributed by atoms with Gasteiger partial charge in [-0.1, -0.05) is 0 Å². The topological polar surface area (TPSA) is 50.4 Å². The number of urea groups is 1. The molecule has 2 rings (SSSR count). The Morgan fingerprint density at radius 1 is 1.58 bits per heavy atom. The van der Waals surface area contributed by atoms with Crippen LogP contribution in [0.25, 0.3) is 0 Å². The number of ether oxygens (including phenoxy) is 1. The van der Waals surface area contributed by atoms with Crippen molar-refractivity contribution in [3.8, 4) is 0 Å². The van der Waals surface area contributed by atoms with Gasteiger partial charge in [0.05, 0.1) is 11.6 Å². The molecule has 0 spiro atoms. The standard InChI is InChI=1S/C14H22N2O2S/c1-14(2,18-3)9-15-13(17)16-11-5-4-6-12-10(11)7-8-19-12/h7-8,11H,4-6,9H2,1-3H3,(H2,15,16,17). The molecule has 0 saturated carbocycles. The van der Waals surface area contributed by atoms with E-state index in [1.54, 1.807) is 18.4 Å². The molecule has 19 heavy (non-hydrogen) atoms. The Kier molecular flexibility index (Phi) is 4.47. The predicted octanol–water partition coefficient (Wildman–Crippen LogP) is 2.85. The first kappa shape index (κ1) is 14.3. The maximum absolute atomic E-state index is 11.9. The second kappa shape index (κ2) is 5.92. The van der Waals surface area contributed by atoms with Crippen LogP contribution in [-0.4, -0.2) is 25.3 Å². The summed E-state index contributed by atoms with van der Waals surface area (Å²) in [6, 6.07) is 2.17. The third-order valence-electron chi connectivity index (χ3n) is 3.58. The van der Waals surface area contributed by atoms with Gasteiger partial charge in [-0.15, -0.1) is 11.3 Å². The van der Waals surface area contributed by atoms with Gasteiger partial charge in [0.25, 0.3) is 0 Å². The van der Waals surface area contributed by atoms with Crippen molar-refractivity contribution in [2.24, 2.45) is 0 Å². The van der Waals surface area contributed by atoms with Crippen molar-refractivity contribution < 1.29 is 9.53 Å². The van der Waals surface area contributed by atoms with Crippen LogP contribution < -0.4 is 10.6 Å². The maximum atomic E-state index is 11.9. The number of amides is 2. The summed E-state index contributed by atoms with van der Waals surface area (Å²) in [6.07, 6.45) is 3.30. The SMILES string of the molecule is COC(C)(C)CNC(=O)NC1CCCc2sccc21. The Labute approximate surface area is 118 Å². The first-order chi connectivity index (χ1) is 9.02. The molecule has 1 aromatic heterocycles. The summed E-state index contributed by atoms with van der Waals surface area (Å²) in [7, 11) is 1.65. The van der Waals surface area contributed by atoms with Crippen molar-refractivity contribution in [2.75, 3.05) is 13.7 Å². The van der Waals surface area contributed by atoms with Crippen LogP contribution >= 0.6 is 11.3 Å². The van der Waals surface area contributed by atoms with Crippen LogP contribution in [-0.2, 0) is 11.2 Å². The number of hydrogen-bond donors (Lipinski definition) is 2. The van der Waals surface area contributed by atoms with E-state index in [2.05, 4.69) is 22.1 Å². The third kappa shape index (κ3) is 3.70. The Bertz CT molecular complexity index is 442. The molecule has 0 fully saturated rings. The van der Waals surface area contributed by atoms with Crippen molar-refractivity contribution in [3.63, 3.8) is 0 Å². The molecule has 1 unspecified atom stereocenters. The smallest absolute Gasteiger partial charge is 0.315 e. The molecule has 5 heteroatoms. The zero-order valence-electron chi connectivity index (χ0n) is 11.8. The van der Waals surface area contributed by atoms with Crippen LogP contribution in [0.15, 0.2) is 11.4 Å². The minimum atomic E-state index is -0.336. The number of hydrogen-bond acceptors (Lipinski definition) is 3. The number of thiophene rings is 1. The zero-order valence-corrected chi connectivity index (χ0v) is 12.6. The van der Waals surface area contributed by atoms with Crippen molar-refractivity contribution in [3.05, 3.63) is 21.9 Å². The van der Waals surface area contributed by atoms with Crippen LogP contribution in [0.5, 0.6) is 0 Å². The third-order valence-corrected chi connectivity index (χ3v) is 4.58. The van der Waals surface area contributed by atoms with Crippen LogP contribution in [0.3, 0.4) is 0 Å². The summed E-state index contributed by atoms with van der Waals surface area (Å²) in [5.41, 5.74) is 0.953. The fraction of sp³-hybridized carbons (Fsp3) is 0.643. The van der Waals surface area contributed by atoms with Gasteiger partial charge in [-0.2, -0.15) is 0 Å². The average Bonchev–Trinajstić information content (AvgIpc) is 2.86. The number of aryl methyl sites for hydroxylation is 1. The van der Waals surface area contributed by atoms with Gasteiger partial charge < -0.3 is 15.4 Å². The Balaban J connectivity index is 1.87. The van der Waals surface area contributed by atoms with Crippen LogP contribution in [0.1, 0.15) is 43.2 Å². The lowest BCUT2D eigenvalue weighted by Gasteiger charge is -2.26. The van der Waals surface area contributed by atoms with Crippen molar-refractivity contribution in [1.29, 1.82) is 0 Å². The van der Waals surface area contributed by atoms with E-state index in [0.717, 1.165) is 19.3 Å². The second-order valence-electron chi connectivity index (χ2n) is 5.53. The van der Waals surface area contributed by atoms with E-state index in [-0.39, 0.29) is 17.7 Å². The molecule has 0 radical (unpaired) electrons. The van der Waals surface area contributed by atoms with E-state index in [9.17, 15) is 4.79 Å². The fourth-order valence-electron chi connectivity index (χ4n) is 2.21. The zero-order chi connectivity index (χ0) is 13.9. The fourth-order valence-corrected chi connectivity index (χ4v) is 3.20. The van der Waals surface area contributed by atoms with Crippen LogP contribution in [0.4, 0.5) is 4.79 Å². The molecule has 1 aliphatic carbocycles. The van der Waals surface area contributed by atoms with Crippen molar-refractivity contribution in [1.82, 2.24) is 10.6 Å². The van der Waals surface area contributed by atoms with Crippen molar-refractivity contribution >= 4 is 17.4 Å². The highest BCUT2D eigenvalue weighted by atomic mass is 32.1. The van der Waals surface area contributed by atoms with Gasteiger partial charge in [0, 0.05) is 18.5 Å². The van der Waals surface area contributed by atoms with Crippen LogP contribution in [0.2, 0.25) is 0 Å². The number of carbonyl (C=O) groups is 1. The van der Waals surface area contributed by atoms with Gasteiger partial charge in [0.15, 0.2) is 0 Å². The number of fused-ring (bicyclic) bond motifs is 1. The van der Waals surface area contributed by atoms with Gasteiger partial charge in [-0.3, -0.25) is 0 Å². The quantitative estimate of drug-likeness (QED) is 0.892. The van der Waals surface area contributed by atoms with Gasteiger partial charge in [-0.25, -0.2) is 4.79 Å². The minimum Gasteiger partial charge on any atom is -0.377 e. The number of carbonyl (C=O) groups excluding carboxylic acids is 1. The predicted molar refractivity (Wildman–Crippen MR) is 77.6 cm³/mol. The normalized spacial score (nSPS) is 18.8. The molecular weight excluding hydrogens is 260 g/mol. The van der Waals surface area contributed by atoms with E-state index in [0.29, 0.717) is 6.54 Å². The molecule has 1 atom stereocenters. The molecule has 1 heterocycles. The molecule has 106 valence electrons. The van der Waals surface area contributed by atoms with Gasteiger partial charge in [0.2, 0.25) is 0 Å². The summed E-state index contributed by atoms with van der Waals surface area (Å²) < 4.78 is 5.28. The van der Waals surface area contributed by atoms with E-state index in [4.69, 9.17) is 4.74 Å². The van der Waals surface area contributed by atoms with E-state index >= 15 is 0 Å². The van der Waals surface area contributed by atoms with Gasteiger partial charge in [-0.05, 0) is 50.1 Å². The Morgan fingerprint density at radius 2 is 2.37 bits per heavy atom. The molecule has 2 N–H and O–H groups in total. The lowest BCUT2D eigenvalue weighted by molar-refractivity contribution is 0.0253. The average molecular weight is 282 g/mol. The van der Waals surface area contributed by atoms with Gasteiger partial charge in [0.1, 0.15) is 0 Å². The van der Waals surface area contributed by atoms with E-state index < -0.39 is 0 Å². The summed E-state index contributed by atoms with van der Waals surface area (Å²) in [5, 5.41) is 8.04. The molecule has 0 bridgehead atoms. The van der Waals surface area contributed by atoms with E-state index in [1.165, 1.54) is 10.4 Å². The highest BCUT2D eigenvalue weighted by Gasteiger charge is 2.23. The molecule has 4 nitrogen and oxygen atoms in total. The summed E-state index contributed by atoms with van der Waals surface area (Å²) >= 11 is 1.79. The summed E-state index contributed by atoms with van der Waals surface area (Å²) in [5.74, 6) is 0. The lowest BCUT2D eigenvalue weighted by Crippen LogP contribution is -2.45. The number of nitrogens with one attached hydrogen (secondary N) is 2. The van der Waals surface area contributed by atoms with Crippen LogP contribution in [0, 0.1) is 0 Å². The molecule has 0 aromatic carbocycles. The molecule has 0 saturated heterocycles. The largest absolute Gasteiger partial charge is 0.377 e. The molecule has 2 amide bonds. The Morgan fingerprint density at radius 3 is 3.11 bits per heavy atom. The molecular formula is C14H22N2O2S. The van der Waals surface area contributed by atoms with E-state index in [1.807, 2.05) is 13.8 Å².